The van der Waals surface area contributed by atoms with E-state index in [0.29, 0.717) is 43.7 Å². The fourth-order valence-corrected chi connectivity index (χ4v) is 4.51. The van der Waals surface area contributed by atoms with Crippen LogP contribution in [0.1, 0.15) is 51.9 Å². The molecule has 2 aliphatic rings. The van der Waals surface area contributed by atoms with Gasteiger partial charge < -0.3 is 15.5 Å². The number of nitrogens with zero attached hydrogens (tertiary/aromatic N) is 2. The average Bonchev–Trinajstić information content (AvgIpc) is 2.74. The van der Waals surface area contributed by atoms with Crippen molar-refractivity contribution in [2.75, 3.05) is 38.0 Å². The van der Waals surface area contributed by atoms with Gasteiger partial charge in [0.05, 0.1) is 0 Å². The molecule has 2 saturated heterocycles. The number of benzene rings is 1. The van der Waals surface area contributed by atoms with Crippen molar-refractivity contribution >= 4 is 17.6 Å². The fraction of sp³-hybridized carbons (Fsp3) is 0.652. The van der Waals surface area contributed by atoms with Gasteiger partial charge in [-0.15, -0.1) is 0 Å². The van der Waals surface area contributed by atoms with Crippen molar-refractivity contribution in [3.05, 3.63) is 30.1 Å². The fourth-order valence-electron chi connectivity index (χ4n) is 4.51. The first-order chi connectivity index (χ1) is 14.5. The second-order valence-corrected chi connectivity index (χ2v) is 8.66. The van der Waals surface area contributed by atoms with Crippen molar-refractivity contribution in [2.24, 2.45) is 5.92 Å². The van der Waals surface area contributed by atoms with Gasteiger partial charge in [-0.05, 0) is 69.7 Å². The molecule has 2 aliphatic heterocycles. The van der Waals surface area contributed by atoms with E-state index in [0.717, 1.165) is 32.4 Å². The van der Waals surface area contributed by atoms with Crippen LogP contribution in [0.3, 0.4) is 0 Å². The number of amides is 3. The number of urea groups is 1. The van der Waals surface area contributed by atoms with Gasteiger partial charge in [0.2, 0.25) is 5.91 Å². The van der Waals surface area contributed by atoms with Crippen LogP contribution < -0.4 is 10.6 Å². The van der Waals surface area contributed by atoms with Crippen molar-refractivity contribution in [1.29, 1.82) is 0 Å². The highest BCUT2D eigenvalue weighted by Crippen LogP contribution is 2.22. The third kappa shape index (κ3) is 6.97. The Kier molecular flexibility index (Phi) is 8.49. The first-order valence-corrected chi connectivity index (χ1v) is 11.3. The maximum absolute atomic E-state index is 13.3. The second-order valence-electron chi connectivity index (χ2n) is 8.66. The molecule has 30 heavy (non-hydrogen) atoms. The lowest BCUT2D eigenvalue weighted by Crippen LogP contribution is -2.43. The van der Waals surface area contributed by atoms with E-state index in [1.807, 2.05) is 0 Å². The van der Waals surface area contributed by atoms with E-state index in [4.69, 9.17) is 0 Å². The molecule has 0 unspecified atom stereocenters. The average molecular weight is 419 g/mol. The van der Waals surface area contributed by atoms with Crippen LogP contribution in [0.5, 0.6) is 0 Å². The number of carbonyl (C=O) groups is 2. The molecule has 0 radical (unpaired) electrons. The van der Waals surface area contributed by atoms with Crippen LogP contribution in [0, 0.1) is 11.7 Å². The number of anilines is 1. The van der Waals surface area contributed by atoms with Gasteiger partial charge in [-0.1, -0.05) is 12.5 Å². The van der Waals surface area contributed by atoms with Gasteiger partial charge in [0.25, 0.3) is 0 Å². The molecule has 2 N–H and O–H groups in total. The molecule has 2 fully saturated rings. The van der Waals surface area contributed by atoms with Crippen LogP contribution in [-0.4, -0.2) is 60.5 Å². The number of halogens is 1. The van der Waals surface area contributed by atoms with Crippen molar-refractivity contribution in [3.63, 3.8) is 0 Å². The molecule has 7 heteroatoms. The number of hydrogen-bond donors (Lipinski definition) is 2. The van der Waals surface area contributed by atoms with E-state index < -0.39 is 0 Å². The van der Waals surface area contributed by atoms with Gasteiger partial charge in [-0.25, -0.2) is 9.18 Å². The van der Waals surface area contributed by atoms with Gasteiger partial charge in [-0.3, -0.25) is 9.69 Å². The highest BCUT2D eigenvalue weighted by atomic mass is 19.1. The van der Waals surface area contributed by atoms with E-state index in [1.165, 1.54) is 31.4 Å². The van der Waals surface area contributed by atoms with Crippen LogP contribution in [-0.2, 0) is 4.79 Å². The molecule has 166 valence electrons. The molecule has 0 saturated carbocycles. The highest BCUT2D eigenvalue weighted by Gasteiger charge is 2.24. The van der Waals surface area contributed by atoms with Crippen LogP contribution in [0.15, 0.2) is 24.3 Å². The van der Waals surface area contributed by atoms with Crippen molar-refractivity contribution in [3.8, 4) is 0 Å². The molecule has 1 aromatic rings. The maximum Gasteiger partial charge on any atom is 0.321 e. The SMILES string of the molecule is C[C@@H]1CCCCN1CCNC(=O)CC[C@H]1CCCN(C(=O)Nc2cccc(F)c2)C1. The van der Waals surface area contributed by atoms with Crippen molar-refractivity contribution in [2.45, 2.75) is 57.9 Å². The third-order valence-corrected chi connectivity index (χ3v) is 6.32. The van der Waals surface area contributed by atoms with Gasteiger partial charge in [0.1, 0.15) is 5.82 Å². The summed E-state index contributed by atoms with van der Waals surface area (Å²) in [4.78, 5) is 29.0. The van der Waals surface area contributed by atoms with Gasteiger partial charge in [-0.2, -0.15) is 0 Å². The molecule has 0 aromatic heterocycles. The zero-order chi connectivity index (χ0) is 21.3. The Morgan fingerprint density at radius 3 is 2.83 bits per heavy atom. The van der Waals surface area contributed by atoms with Crippen LogP contribution in [0.2, 0.25) is 0 Å². The molecule has 2 atom stereocenters. The zero-order valence-electron chi connectivity index (χ0n) is 18.0. The molecule has 0 spiro atoms. The molecular weight excluding hydrogens is 383 g/mol. The van der Waals surface area contributed by atoms with Crippen molar-refractivity contribution in [1.82, 2.24) is 15.1 Å². The molecular formula is C23H35FN4O2. The Morgan fingerprint density at radius 1 is 1.17 bits per heavy atom. The summed E-state index contributed by atoms with van der Waals surface area (Å²) in [5.74, 6) is 0.0518. The molecule has 6 nitrogen and oxygen atoms in total. The van der Waals surface area contributed by atoms with E-state index in [-0.39, 0.29) is 17.8 Å². The maximum atomic E-state index is 13.3. The number of likely N-dealkylation sites (tertiary alicyclic amines) is 2. The summed E-state index contributed by atoms with van der Waals surface area (Å²) < 4.78 is 13.3. The quantitative estimate of drug-likeness (QED) is 0.707. The van der Waals surface area contributed by atoms with Gasteiger partial charge in [0, 0.05) is 44.3 Å². The van der Waals surface area contributed by atoms with E-state index in [2.05, 4.69) is 22.5 Å². The minimum atomic E-state index is -0.370. The predicted molar refractivity (Wildman–Crippen MR) is 117 cm³/mol. The Balaban J connectivity index is 1.35. The third-order valence-electron chi connectivity index (χ3n) is 6.32. The molecule has 0 aliphatic carbocycles. The van der Waals surface area contributed by atoms with Gasteiger partial charge in [0.15, 0.2) is 0 Å². The van der Waals surface area contributed by atoms with Crippen LogP contribution in [0.4, 0.5) is 14.9 Å². The molecule has 0 bridgehead atoms. The lowest BCUT2D eigenvalue weighted by Gasteiger charge is -2.33. The Morgan fingerprint density at radius 2 is 2.03 bits per heavy atom. The van der Waals surface area contributed by atoms with Crippen LogP contribution in [0.25, 0.3) is 0 Å². The van der Waals surface area contributed by atoms with E-state index in [1.54, 1.807) is 17.0 Å². The number of nitrogens with one attached hydrogen (secondary N) is 2. The first kappa shape index (κ1) is 22.5. The minimum Gasteiger partial charge on any atom is -0.355 e. The Bertz CT molecular complexity index is 714. The largest absolute Gasteiger partial charge is 0.355 e. The summed E-state index contributed by atoms with van der Waals surface area (Å²) in [6.07, 6.45) is 7.05. The molecule has 1 aromatic carbocycles. The topological polar surface area (TPSA) is 64.7 Å². The zero-order valence-corrected chi connectivity index (χ0v) is 18.0. The predicted octanol–water partition coefficient (Wildman–Crippen LogP) is 3.84. The number of piperidine rings is 2. The lowest BCUT2D eigenvalue weighted by atomic mass is 9.93. The standard InChI is InChI=1S/C23H35FN4O2/c1-18-6-2-3-13-27(18)15-12-25-22(29)11-10-19-7-5-14-28(17-19)23(30)26-21-9-4-8-20(24)16-21/h4,8-9,16,18-19H,2-3,5-7,10-15,17H2,1H3,(H,25,29)(H,26,30)/t18-,19-/m1/s1. The minimum absolute atomic E-state index is 0.0981. The smallest absolute Gasteiger partial charge is 0.321 e. The Labute approximate surface area is 179 Å². The van der Waals surface area contributed by atoms with Crippen molar-refractivity contribution < 1.29 is 14.0 Å². The second kappa shape index (κ2) is 11.3. The molecule has 3 amide bonds. The monoisotopic (exact) mass is 418 g/mol. The van der Waals surface area contributed by atoms with E-state index in [9.17, 15) is 14.0 Å². The van der Waals surface area contributed by atoms with E-state index >= 15 is 0 Å². The number of hydrogen-bond acceptors (Lipinski definition) is 3. The summed E-state index contributed by atoms with van der Waals surface area (Å²) in [6, 6.07) is 6.33. The Hall–Kier alpha value is -2.15. The molecule has 2 heterocycles. The summed E-state index contributed by atoms with van der Waals surface area (Å²) >= 11 is 0. The first-order valence-electron chi connectivity index (χ1n) is 11.3. The van der Waals surface area contributed by atoms with Gasteiger partial charge >= 0.3 is 6.03 Å². The normalized spacial score (nSPS) is 22.5. The summed E-state index contributed by atoms with van der Waals surface area (Å²) in [6.45, 7) is 6.35. The number of rotatable bonds is 7. The summed E-state index contributed by atoms with van der Waals surface area (Å²) in [7, 11) is 0. The van der Waals surface area contributed by atoms with Crippen LogP contribution >= 0.6 is 0 Å². The number of carbonyl (C=O) groups excluding carboxylic acids is 2. The summed E-state index contributed by atoms with van der Waals surface area (Å²) in [5.41, 5.74) is 0.463. The lowest BCUT2D eigenvalue weighted by molar-refractivity contribution is -0.121. The molecule has 3 rings (SSSR count). The summed E-state index contributed by atoms with van der Waals surface area (Å²) in [5, 5.41) is 5.82. The highest BCUT2D eigenvalue weighted by molar-refractivity contribution is 5.89.